The summed E-state index contributed by atoms with van der Waals surface area (Å²) in [6, 6.07) is 3.72. The molecule has 0 bridgehead atoms. The third-order valence-electron chi connectivity index (χ3n) is 4.49. The van der Waals surface area contributed by atoms with Gasteiger partial charge in [0.1, 0.15) is 24.1 Å². The maximum atomic E-state index is 12.4. The number of aryl methyl sites for hydroxylation is 1. The lowest BCUT2D eigenvalue weighted by molar-refractivity contribution is -0.116. The van der Waals surface area contributed by atoms with Crippen LogP contribution in [-0.4, -0.2) is 43.3 Å². The fraction of sp³-hybridized carbons (Fsp3) is 0.353. The number of pyridine rings is 1. The monoisotopic (exact) mass is 353 g/mol. The van der Waals surface area contributed by atoms with Crippen molar-refractivity contribution in [1.29, 1.82) is 0 Å². The zero-order valence-electron chi connectivity index (χ0n) is 14.4. The van der Waals surface area contributed by atoms with Gasteiger partial charge in [0, 0.05) is 20.1 Å². The van der Waals surface area contributed by atoms with Gasteiger partial charge >= 0.3 is 0 Å². The van der Waals surface area contributed by atoms with Crippen molar-refractivity contribution >= 4 is 28.4 Å². The largest absolute Gasteiger partial charge is 0.357 e. The molecule has 1 saturated heterocycles. The van der Waals surface area contributed by atoms with Crippen molar-refractivity contribution in [1.82, 2.24) is 24.3 Å². The Hall–Kier alpha value is -3.23. The molecular formula is C17H19N7O2. The minimum Gasteiger partial charge on any atom is -0.357 e. The first-order valence-electron chi connectivity index (χ1n) is 8.50. The second kappa shape index (κ2) is 6.58. The molecule has 0 spiro atoms. The van der Waals surface area contributed by atoms with Crippen molar-refractivity contribution < 1.29 is 4.79 Å². The molecule has 134 valence electrons. The fourth-order valence-corrected chi connectivity index (χ4v) is 3.13. The highest BCUT2D eigenvalue weighted by atomic mass is 16.2. The molecule has 3 aromatic rings. The molecule has 1 fully saturated rings. The van der Waals surface area contributed by atoms with Crippen molar-refractivity contribution in [2.45, 2.75) is 19.4 Å². The third-order valence-corrected chi connectivity index (χ3v) is 4.49. The highest BCUT2D eigenvalue weighted by Crippen LogP contribution is 2.19. The molecule has 1 aliphatic rings. The number of nitrogens with zero attached hydrogens (tertiary/aromatic N) is 6. The molecule has 9 nitrogen and oxygen atoms in total. The van der Waals surface area contributed by atoms with Crippen LogP contribution in [0, 0.1) is 0 Å². The van der Waals surface area contributed by atoms with E-state index in [4.69, 9.17) is 0 Å². The van der Waals surface area contributed by atoms with Crippen molar-refractivity contribution in [2.75, 3.05) is 23.3 Å². The van der Waals surface area contributed by atoms with Gasteiger partial charge in [-0.1, -0.05) is 0 Å². The first kappa shape index (κ1) is 16.2. The summed E-state index contributed by atoms with van der Waals surface area (Å²) in [4.78, 5) is 35.5. The van der Waals surface area contributed by atoms with E-state index in [0.717, 1.165) is 18.9 Å². The molecule has 26 heavy (non-hydrogen) atoms. The molecule has 1 aliphatic heterocycles. The number of hydrogen-bond donors (Lipinski definition) is 1. The normalized spacial score (nSPS) is 14.1. The Morgan fingerprint density at radius 1 is 1.19 bits per heavy atom. The van der Waals surface area contributed by atoms with E-state index in [1.54, 1.807) is 13.2 Å². The number of anilines is 2. The van der Waals surface area contributed by atoms with Gasteiger partial charge < -0.3 is 10.2 Å². The van der Waals surface area contributed by atoms with Gasteiger partial charge in [-0.2, -0.15) is 5.10 Å². The molecule has 9 heteroatoms. The van der Waals surface area contributed by atoms with E-state index in [1.165, 1.54) is 34.6 Å². The lowest BCUT2D eigenvalue weighted by atomic mass is 10.3. The van der Waals surface area contributed by atoms with E-state index in [-0.39, 0.29) is 18.0 Å². The van der Waals surface area contributed by atoms with Gasteiger partial charge in [-0.15, -0.1) is 0 Å². The summed E-state index contributed by atoms with van der Waals surface area (Å²) in [5, 5.41) is 7.16. The second-order valence-corrected chi connectivity index (χ2v) is 6.33. The van der Waals surface area contributed by atoms with Crippen LogP contribution in [0.5, 0.6) is 0 Å². The Morgan fingerprint density at radius 3 is 2.73 bits per heavy atom. The summed E-state index contributed by atoms with van der Waals surface area (Å²) in [7, 11) is 1.71. The minimum absolute atomic E-state index is 0.120. The summed E-state index contributed by atoms with van der Waals surface area (Å²) < 4.78 is 2.79. The van der Waals surface area contributed by atoms with Gasteiger partial charge in [-0.25, -0.2) is 9.97 Å². The molecule has 0 unspecified atom stereocenters. The summed E-state index contributed by atoms with van der Waals surface area (Å²) in [5.41, 5.74) is 0.801. The molecule has 0 radical (unpaired) electrons. The number of rotatable bonds is 4. The van der Waals surface area contributed by atoms with Crippen LogP contribution in [0.2, 0.25) is 0 Å². The Kier molecular flexibility index (Phi) is 4.11. The summed E-state index contributed by atoms with van der Waals surface area (Å²) in [6.07, 6.45) is 6.83. The number of hydrogen-bond acceptors (Lipinski definition) is 6. The molecule has 4 heterocycles. The van der Waals surface area contributed by atoms with E-state index >= 15 is 0 Å². The quantitative estimate of drug-likeness (QED) is 0.744. The maximum absolute atomic E-state index is 12.4. The van der Waals surface area contributed by atoms with Crippen LogP contribution in [-0.2, 0) is 18.4 Å². The maximum Gasteiger partial charge on any atom is 0.264 e. The molecule has 0 aliphatic carbocycles. The zero-order valence-corrected chi connectivity index (χ0v) is 14.4. The number of nitrogens with one attached hydrogen (secondary N) is 1. The standard InChI is InChI=1S/C17H19N7O2/c1-22-16-13(9-20-22)17(26)24(11-19-16)10-15(25)21-12-4-5-14(18-8-12)23-6-2-3-7-23/h4-5,8-9,11H,2-3,6-7,10H2,1H3,(H,21,25). The second-order valence-electron chi connectivity index (χ2n) is 6.33. The Morgan fingerprint density at radius 2 is 2.00 bits per heavy atom. The zero-order chi connectivity index (χ0) is 18.1. The number of carbonyl (C=O) groups is 1. The highest BCUT2D eigenvalue weighted by Gasteiger charge is 2.14. The number of aromatic nitrogens is 5. The Bertz CT molecular complexity index is 1000. The fourth-order valence-electron chi connectivity index (χ4n) is 3.13. The van der Waals surface area contributed by atoms with E-state index in [1.807, 2.05) is 12.1 Å². The SMILES string of the molecule is Cn1ncc2c(=O)n(CC(=O)Nc3ccc(N4CCCC4)nc3)cnc21. The van der Waals surface area contributed by atoms with Gasteiger partial charge in [0.05, 0.1) is 18.1 Å². The van der Waals surface area contributed by atoms with E-state index in [2.05, 4.69) is 25.3 Å². The lowest BCUT2D eigenvalue weighted by Crippen LogP contribution is -2.28. The molecule has 1 N–H and O–H groups in total. The van der Waals surface area contributed by atoms with Crippen molar-refractivity contribution in [2.24, 2.45) is 7.05 Å². The van der Waals surface area contributed by atoms with Crippen LogP contribution in [0.15, 0.2) is 35.6 Å². The first-order chi connectivity index (χ1) is 12.6. The van der Waals surface area contributed by atoms with Crippen LogP contribution < -0.4 is 15.8 Å². The molecular weight excluding hydrogens is 334 g/mol. The van der Waals surface area contributed by atoms with Crippen LogP contribution in [0.1, 0.15) is 12.8 Å². The topological polar surface area (TPSA) is 97.9 Å². The van der Waals surface area contributed by atoms with Gasteiger partial charge in [0.2, 0.25) is 5.91 Å². The van der Waals surface area contributed by atoms with Crippen LogP contribution in [0.3, 0.4) is 0 Å². The molecule has 3 aromatic heterocycles. The predicted octanol–water partition coefficient (Wildman–Crippen LogP) is 0.764. The van der Waals surface area contributed by atoms with Gasteiger partial charge in [-0.05, 0) is 25.0 Å². The Labute approximate surface area is 149 Å². The highest BCUT2D eigenvalue weighted by molar-refractivity contribution is 5.90. The van der Waals surface area contributed by atoms with Crippen LogP contribution >= 0.6 is 0 Å². The van der Waals surface area contributed by atoms with Gasteiger partial charge in [-0.3, -0.25) is 18.8 Å². The number of fused-ring (bicyclic) bond motifs is 1. The molecule has 4 rings (SSSR count). The van der Waals surface area contributed by atoms with Crippen molar-refractivity contribution in [3.05, 3.63) is 41.2 Å². The molecule has 0 aromatic carbocycles. The smallest absolute Gasteiger partial charge is 0.264 e. The van der Waals surface area contributed by atoms with Gasteiger partial charge in [0.15, 0.2) is 5.65 Å². The third kappa shape index (κ3) is 3.03. The van der Waals surface area contributed by atoms with E-state index in [9.17, 15) is 9.59 Å². The van der Waals surface area contributed by atoms with Crippen LogP contribution in [0.4, 0.5) is 11.5 Å². The van der Waals surface area contributed by atoms with Crippen molar-refractivity contribution in [3.63, 3.8) is 0 Å². The number of amides is 1. The number of carbonyl (C=O) groups excluding carboxylic acids is 1. The molecule has 1 amide bonds. The lowest BCUT2D eigenvalue weighted by Gasteiger charge is -2.16. The van der Waals surface area contributed by atoms with Gasteiger partial charge in [0.25, 0.3) is 5.56 Å². The van der Waals surface area contributed by atoms with E-state index in [0.29, 0.717) is 16.7 Å². The average Bonchev–Trinajstić information content (AvgIpc) is 3.29. The molecule has 0 atom stereocenters. The summed E-state index contributed by atoms with van der Waals surface area (Å²) >= 11 is 0. The summed E-state index contributed by atoms with van der Waals surface area (Å²) in [6.45, 7) is 1.92. The molecule has 0 saturated carbocycles. The van der Waals surface area contributed by atoms with E-state index < -0.39 is 0 Å². The average molecular weight is 353 g/mol. The predicted molar refractivity (Wildman–Crippen MR) is 97.1 cm³/mol. The first-order valence-corrected chi connectivity index (χ1v) is 8.50. The van der Waals surface area contributed by atoms with Crippen LogP contribution in [0.25, 0.3) is 11.0 Å². The van der Waals surface area contributed by atoms with Crippen molar-refractivity contribution in [3.8, 4) is 0 Å². The summed E-state index contributed by atoms with van der Waals surface area (Å²) in [5.74, 6) is 0.607. The minimum atomic E-state index is -0.312. The Balaban J connectivity index is 1.45.